The monoisotopic (exact) mass is 276 g/mol. The minimum Gasteiger partial charge on any atom is -0.384 e. The van der Waals surface area contributed by atoms with E-state index in [2.05, 4.69) is 9.97 Å². The minimum absolute atomic E-state index is 0.0679. The Bertz CT molecular complexity index is 557. The number of nitrogens with zero attached hydrogens (tertiary/aromatic N) is 2. The highest BCUT2D eigenvalue weighted by Crippen LogP contribution is 2.32. The molecule has 3 N–H and O–H groups in total. The first-order valence-corrected chi connectivity index (χ1v) is 7.22. The maximum absolute atomic E-state index is 7.70. The number of amidine groups is 1. The number of nitrogens with two attached hydrogens (primary N) is 1. The van der Waals surface area contributed by atoms with Gasteiger partial charge in [0, 0.05) is 27.7 Å². The van der Waals surface area contributed by atoms with Gasteiger partial charge in [0.05, 0.1) is 0 Å². The van der Waals surface area contributed by atoms with E-state index in [4.69, 9.17) is 11.1 Å². The number of rotatable bonds is 4. The molecule has 0 atom stereocenters. The number of nitrogens with one attached hydrogen (secondary N) is 1. The van der Waals surface area contributed by atoms with Crippen LogP contribution in [0, 0.1) is 5.41 Å². The Labute approximate surface area is 114 Å². The van der Waals surface area contributed by atoms with E-state index in [1.165, 1.54) is 11.8 Å². The topological polar surface area (TPSA) is 75.7 Å². The predicted molar refractivity (Wildman–Crippen MR) is 75.4 cm³/mol. The molecule has 2 aromatic rings. The fraction of sp³-hybridized carbons (Fsp3) is 0.0833. The van der Waals surface area contributed by atoms with Gasteiger partial charge in [-0.1, -0.05) is 6.07 Å². The number of nitrogen functional groups attached to an aromatic ring is 1. The number of hydrogen-bond donors (Lipinski definition) is 2. The molecule has 18 heavy (non-hydrogen) atoms. The molecule has 4 nitrogen and oxygen atoms in total. The van der Waals surface area contributed by atoms with Gasteiger partial charge < -0.3 is 5.73 Å². The second kappa shape index (κ2) is 5.88. The first-order valence-electron chi connectivity index (χ1n) is 5.18. The van der Waals surface area contributed by atoms with Crippen LogP contribution in [0.2, 0.25) is 0 Å². The van der Waals surface area contributed by atoms with E-state index in [0.717, 1.165) is 15.4 Å². The molecule has 0 radical (unpaired) electrons. The molecule has 0 aliphatic heterocycles. The molecule has 1 aromatic heterocycles. The van der Waals surface area contributed by atoms with Gasteiger partial charge in [-0.15, -0.1) is 11.8 Å². The zero-order valence-electron chi connectivity index (χ0n) is 9.75. The molecule has 2 rings (SSSR count). The lowest BCUT2D eigenvalue weighted by Crippen LogP contribution is -2.13. The van der Waals surface area contributed by atoms with E-state index in [9.17, 15) is 0 Å². The summed E-state index contributed by atoms with van der Waals surface area (Å²) in [4.78, 5) is 10.2. The molecule has 0 spiro atoms. The molecule has 0 bridgehead atoms. The van der Waals surface area contributed by atoms with Gasteiger partial charge in [-0.2, -0.15) is 0 Å². The number of aromatic nitrogens is 2. The minimum atomic E-state index is 0.0679. The van der Waals surface area contributed by atoms with Crippen molar-refractivity contribution in [3.8, 4) is 0 Å². The van der Waals surface area contributed by atoms with Gasteiger partial charge >= 0.3 is 0 Å². The molecular weight excluding hydrogens is 264 g/mol. The van der Waals surface area contributed by atoms with Crippen molar-refractivity contribution in [1.29, 1.82) is 5.41 Å². The van der Waals surface area contributed by atoms with Gasteiger partial charge in [-0.05, 0) is 36.2 Å². The summed E-state index contributed by atoms with van der Waals surface area (Å²) in [5, 5.41) is 8.35. The Morgan fingerprint density at radius 1 is 1.17 bits per heavy atom. The Morgan fingerprint density at radius 3 is 2.44 bits per heavy atom. The lowest BCUT2D eigenvalue weighted by Gasteiger charge is -2.10. The molecule has 0 saturated heterocycles. The van der Waals surface area contributed by atoms with Crippen LogP contribution in [0.4, 0.5) is 0 Å². The second-order valence-corrected chi connectivity index (χ2v) is 5.24. The third kappa shape index (κ3) is 2.83. The molecule has 92 valence electrons. The second-order valence-electron chi connectivity index (χ2n) is 3.38. The van der Waals surface area contributed by atoms with Crippen molar-refractivity contribution in [2.45, 2.75) is 14.9 Å². The molecule has 0 amide bonds. The maximum atomic E-state index is 7.70. The van der Waals surface area contributed by atoms with E-state index in [0.29, 0.717) is 5.16 Å². The molecule has 6 heteroatoms. The molecule has 0 aliphatic carbocycles. The van der Waals surface area contributed by atoms with Crippen LogP contribution in [0.25, 0.3) is 0 Å². The Hall–Kier alpha value is -1.53. The lowest BCUT2D eigenvalue weighted by atomic mass is 10.2. The van der Waals surface area contributed by atoms with Gasteiger partial charge in [0.1, 0.15) is 5.84 Å². The third-order valence-electron chi connectivity index (χ3n) is 2.22. The number of thioether (sulfide) groups is 1. The summed E-state index contributed by atoms with van der Waals surface area (Å²) >= 11 is 2.99. The van der Waals surface area contributed by atoms with Gasteiger partial charge in [0.15, 0.2) is 5.16 Å². The lowest BCUT2D eigenvalue weighted by molar-refractivity contribution is 0.966. The normalized spacial score (nSPS) is 10.3. The van der Waals surface area contributed by atoms with Crippen molar-refractivity contribution in [1.82, 2.24) is 9.97 Å². The van der Waals surface area contributed by atoms with Crippen LogP contribution >= 0.6 is 23.5 Å². The molecule has 0 fully saturated rings. The zero-order valence-corrected chi connectivity index (χ0v) is 11.4. The number of benzene rings is 1. The van der Waals surface area contributed by atoms with Gasteiger partial charge in [0.25, 0.3) is 0 Å². The highest BCUT2D eigenvalue weighted by Gasteiger charge is 2.12. The van der Waals surface area contributed by atoms with E-state index in [1.807, 2.05) is 24.5 Å². The summed E-state index contributed by atoms with van der Waals surface area (Å²) in [6.45, 7) is 0. The van der Waals surface area contributed by atoms with Crippen molar-refractivity contribution in [2.75, 3.05) is 6.26 Å². The van der Waals surface area contributed by atoms with Crippen molar-refractivity contribution in [3.05, 3.63) is 42.2 Å². The van der Waals surface area contributed by atoms with Crippen molar-refractivity contribution >= 4 is 29.4 Å². The third-order valence-corrected chi connectivity index (χ3v) is 3.95. The van der Waals surface area contributed by atoms with Crippen LogP contribution in [0.15, 0.2) is 51.6 Å². The summed E-state index contributed by atoms with van der Waals surface area (Å²) in [7, 11) is 0. The van der Waals surface area contributed by atoms with E-state index in [1.54, 1.807) is 30.2 Å². The van der Waals surface area contributed by atoms with Crippen LogP contribution < -0.4 is 5.73 Å². The van der Waals surface area contributed by atoms with Crippen LogP contribution in [-0.2, 0) is 0 Å². The predicted octanol–water partition coefficient (Wildman–Crippen LogP) is 2.63. The SMILES string of the molecule is CSc1cccc(Sc2ncccn2)c1C(=N)N. The Balaban J connectivity index is 2.42. The largest absolute Gasteiger partial charge is 0.384 e. The Kier molecular flexibility index (Phi) is 4.22. The van der Waals surface area contributed by atoms with Gasteiger partial charge in [0.2, 0.25) is 0 Å². The number of hydrogen-bond acceptors (Lipinski definition) is 5. The standard InChI is InChI=1S/C12H12N4S2/c1-17-8-4-2-5-9(10(8)11(13)14)18-12-15-6-3-7-16-12/h2-7H,1H3,(H3,13,14). The summed E-state index contributed by atoms with van der Waals surface area (Å²) in [6, 6.07) is 7.60. The van der Waals surface area contributed by atoms with Crippen LogP contribution in [0.1, 0.15) is 5.56 Å². The highest BCUT2D eigenvalue weighted by molar-refractivity contribution is 7.99. The van der Waals surface area contributed by atoms with Crippen LogP contribution in [0.3, 0.4) is 0 Å². The molecule has 1 heterocycles. The molecule has 0 aliphatic rings. The van der Waals surface area contributed by atoms with Gasteiger partial charge in [-0.25, -0.2) is 9.97 Å². The Morgan fingerprint density at radius 2 is 1.83 bits per heavy atom. The average molecular weight is 276 g/mol. The van der Waals surface area contributed by atoms with Crippen molar-refractivity contribution in [2.24, 2.45) is 5.73 Å². The molecule has 0 unspecified atom stereocenters. The average Bonchev–Trinajstić information content (AvgIpc) is 2.39. The van der Waals surface area contributed by atoms with E-state index < -0.39 is 0 Å². The van der Waals surface area contributed by atoms with Crippen LogP contribution in [0.5, 0.6) is 0 Å². The van der Waals surface area contributed by atoms with E-state index in [-0.39, 0.29) is 5.84 Å². The molecule has 1 aromatic carbocycles. The summed E-state index contributed by atoms with van der Waals surface area (Å²) in [6.07, 6.45) is 5.36. The van der Waals surface area contributed by atoms with Crippen molar-refractivity contribution in [3.63, 3.8) is 0 Å². The smallest absolute Gasteiger partial charge is 0.192 e. The fourth-order valence-corrected chi connectivity index (χ4v) is 3.06. The molecule has 0 saturated carbocycles. The quantitative estimate of drug-likeness (QED) is 0.388. The van der Waals surface area contributed by atoms with Crippen molar-refractivity contribution < 1.29 is 0 Å². The molecular formula is C12H12N4S2. The maximum Gasteiger partial charge on any atom is 0.192 e. The first-order chi connectivity index (χ1) is 8.72. The first kappa shape index (κ1) is 12.9. The zero-order chi connectivity index (χ0) is 13.0. The summed E-state index contributed by atoms with van der Waals surface area (Å²) in [5.41, 5.74) is 6.41. The van der Waals surface area contributed by atoms with Gasteiger partial charge in [-0.3, -0.25) is 5.41 Å². The fourth-order valence-electron chi connectivity index (χ4n) is 1.47. The summed E-state index contributed by atoms with van der Waals surface area (Å²) < 4.78 is 0. The summed E-state index contributed by atoms with van der Waals surface area (Å²) in [5.74, 6) is 0.0679. The highest BCUT2D eigenvalue weighted by atomic mass is 32.2. The van der Waals surface area contributed by atoms with Crippen LogP contribution in [-0.4, -0.2) is 22.1 Å². The van der Waals surface area contributed by atoms with E-state index >= 15 is 0 Å².